The van der Waals surface area contributed by atoms with Gasteiger partial charge in [0.2, 0.25) is 11.8 Å². The molecule has 2 saturated heterocycles. The van der Waals surface area contributed by atoms with E-state index in [-0.39, 0.29) is 5.91 Å². The van der Waals surface area contributed by atoms with Crippen molar-refractivity contribution < 1.29 is 23.9 Å². The van der Waals surface area contributed by atoms with Gasteiger partial charge in [-0.25, -0.2) is 4.79 Å². The number of hydrogen-bond acceptors (Lipinski definition) is 5. The average Bonchev–Trinajstić information content (AvgIpc) is 3.32. The molecule has 2 aromatic rings. The van der Waals surface area contributed by atoms with Gasteiger partial charge in [0.1, 0.15) is 17.8 Å². The van der Waals surface area contributed by atoms with E-state index in [9.17, 15) is 19.2 Å². The van der Waals surface area contributed by atoms with Gasteiger partial charge in [0.15, 0.2) is 0 Å². The van der Waals surface area contributed by atoms with Crippen LogP contribution in [0, 0.1) is 0 Å². The zero-order valence-electron chi connectivity index (χ0n) is 18.6. The summed E-state index contributed by atoms with van der Waals surface area (Å²) >= 11 is 0. The second-order valence-electron chi connectivity index (χ2n) is 8.15. The lowest BCUT2D eigenvalue weighted by molar-refractivity contribution is -0.133. The Morgan fingerprint density at radius 2 is 1.79 bits per heavy atom. The van der Waals surface area contributed by atoms with E-state index >= 15 is 0 Å². The first-order valence-electron chi connectivity index (χ1n) is 10.9. The molecule has 9 nitrogen and oxygen atoms in total. The molecule has 0 radical (unpaired) electrons. The van der Waals surface area contributed by atoms with Gasteiger partial charge in [-0.15, -0.1) is 0 Å². The fourth-order valence-electron chi connectivity index (χ4n) is 4.08. The molecule has 2 aliphatic heterocycles. The van der Waals surface area contributed by atoms with E-state index in [0.717, 1.165) is 17.0 Å². The summed E-state index contributed by atoms with van der Waals surface area (Å²) in [5.74, 6) is -0.256. The van der Waals surface area contributed by atoms with E-state index in [1.165, 1.54) is 0 Å². The van der Waals surface area contributed by atoms with Gasteiger partial charge in [0.05, 0.1) is 6.61 Å². The quantitative estimate of drug-likeness (QED) is 0.631. The van der Waals surface area contributed by atoms with Gasteiger partial charge in [-0.05, 0) is 62.2 Å². The smallest absolute Gasteiger partial charge is 0.325 e. The molecule has 2 N–H and O–H groups in total. The lowest BCUT2D eigenvalue weighted by Crippen LogP contribution is -2.42. The number of ether oxygens (including phenoxy) is 1. The van der Waals surface area contributed by atoms with Gasteiger partial charge >= 0.3 is 6.03 Å². The first-order chi connectivity index (χ1) is 15.8. The van der Waals surface area contributed by atoms with E-state index in [1.807, 2.05) is 6.92 Å². The van der Waals surface area contributed by atoms with Crippen molar-refractivity contribution in [1.29, 1.82) is 0 Å². The lowest BCUT2D eigenvalue weighted by atomic mass is 9.92. The number of amides is 5. The first-order valence-corrected chi connectivity index (χ1v) is 10.9. The largest absolute Gasteiger partial charge is 0.494 e. The third-order valence-electron chi connectivity index (χ3n) is 5.86. The van der Waals surface area contributed by atoms with E-state index < -0.39 is 29.9 Å². The number of rotatable bonds is 7. The van der Waals surface area contributed by atoms with Crippen LogP contribution < -0.4 is 20.3 Å². The van der Waals surface area contributed by atoms with Crippen molar-refractivity contribution >= 4 is 35.1 Å². The monoisotopic (exact) mass is 450 g/mol. The molecule has 0 aromatic heterocycles. The molecule has 172 valence electrons. The summed E-state index contributed by atoms with van der Waals surface area (Å²) in [6, 6.07) is 13.2. The van der Waals surface area contributed by atoms with Crippen molar-refractivity contribution in [2.75, 3.05) is 29.9 Å². The van der Waals surface area contributed by atoms with Gasteiger partial charge in [-0.2, -0.15) is 0 Å². The number of anilines is 2. The van der Waals surface area contributed by atoms with Gasteiger partial charge in [0, 0.05) is 24.3 Å². The summed E-state index contributed by atoms with van der Waals surface area (Å²) in [6.45, 7) is 4.28. The topological polar surface area (TPSA) is 108 Å². The molecule has 9 heteroatoms. The van der Waals surface area contributed by atoms with Crippen LogP contribution in [0.25, 0.3) is 0 Å². The van der Waals surface area contributed by atoms with Gasteiger partial charge < -0.3 is 20.3 Å². The summed E-state index contributed by atoms with van der Waals surface area (Å²) in [6.07, 6.45) is 1.37. The van der Waals surface area contributed by atoms with E-state index in [4.69, 9.17) is 4.74 Å². The predicted molar refractivity (Wildman–Crippen MR) is 122 cm³/mol. The minimum atomic E-state index is -1.27. The SMILES string of the molecule is CCOc1ccc(C2(C)NC(=O)N(CC(=O)Nc3ccc(N4CCCC4=O)cc3)C2=O)cc1. The summed E-state index contributed by atoms with van der Waals surface area (Å²) in [5, 5.41) is 5.38. The Kier molecular flexibility index (Phi) is 6.04. The van der Waals surface area contributed by atoms with Crippen LogP contribution in [0.2, 0.25) is 0 Å². The third-order valence-corrected chi connectivity index (χ3v) is 5.86. The Hall–Kier alpha value is -3.88. The Labute approximate surface area is 191 Å². The maximum atomic E-state index is 13.1. The summed E-state index contributed by atoms with van der Waals surface area (Å²) < 4.78 is 5.42. The minimum absolute atomic E-state index is 0.0842. The zero-order chi connectivity index (χ0) is 23.6. The van der Waals surface area contributed by atoms with Crippen molar-refractivity contribution in [2.45, 2.75) is 32.2 Å². The summed E-state index contributed by atoms with van der Waals surface area (Å²) in [5.41, 5.74) is 0.609. The number of nitrogens with zero attached hydrogens (tertiary/aromatic N) is 2. The zero-order valence-corrected chi connectivity index (χ0v) is 18.6. The normalized spacial score (nSPS) is 20.2. The van der Waals surface area contributed by atoms with Crippen molar-refractivity contribution in [3.63, 3.8) is 0 Å². The first kappa shape index (κ1) is 22.3. The standard InChI is InChI=1S/C24H26N4O5/c1-3-33-19-12-6-16(7-13-19)24(2)22(31)28(23(32)26-24)15-20(29)25-17-8-10-18(11-9-17)27-14-4-5-21(27)30/h6-13H,3-5,14-15H2,1-2H3,(H,25,29)(H,26,32). The number of hydrogen-bond donors (Lipinski definition) is 2. The molecule has 2 aliphatic rings. The van der Waals surface area contributed by atoms with E-state index in [1.54, 1.807) is 60.4 Å². The molecule has 1 unspecified atom stereocenters. The lowest BCUT2D eigenvalue weighted by Gasteiger charge is -2.22. The van der Waals surface area contributed by atoms with Crippen LogP contribution in [0.3, 0.4) is 0 Å². The number of carbonyl (C=O) groups excluding carboxylic acids is 4. The molecule has 4 rings (SSSR count). The Balaban J connectivity index is 1.40. The predicted octanol–water partition coefficient (Wildman–Crippen LogP) is 2.62. The Morgan fingerprint density at radius 3 is 2.39 bits per heavy atom. The highest BCUT2D eigenvalue weighted by Gasteiger charge is 2.49. The molecule has 2 fully saturated rings. The number of benzene rings is 2. The number of nitrogens with one attached hydrogen (secondary N) is 2. The summed E-state index contributed by atoms with van der Waals surface area (Å²) in [4.78, 5) is 52.6. The maximum Gasteiger partial charge on any atom is 0.325 e. The van der Waals surface area contributed by atoms with E-state index in [2.05, 4.69) is 10.6 Å². The summed E-state index contributed by atoms with van der Waals surface area (Å²) in [7, 11) is 0. The number of urea groups is 1. The molecule has 0 bridgehead atoms. The highest BCUT2D eigenvalue weighted by Crippen LogP contribution is 2.30. The third kappa shape index (κ3) is 4.39. The van der Waals surface area contributed by atoms with Crippen LogP contribution in [0.5, 0.6) is 5.75 Å². The van der Waals surface area contributed by atoms with Gasteiger partial charge in [-0.3, -0.25) is 19.3 Å². The van der Waals surface area contributed by atoms with Crippen molar-refractivity contribution in [3.05, 3.63) is 54.1 Å². The molecule has 0 saturated carbocycles. The highest BCUT2D eigenvalue weighted by molar-refractivity contribution is 6.10. The van der Waals surface area contributed by atoms with Crippen molar-refractivity contribution in [2.24, 2.45) is 0 Å². The number of imide groups is 1. The van der Waals surface area contributed by atoms with Crippen LogP contribution in [-0.2, 0) is 19.9 Å². The van der Waals surface area contributed by atoms with Gasteiger partial charge in [-0.1, -0.05) is 12.1 Å². The van der Waals surface area contributed by atoms with Crippen LogP contribution in [0.15, 0.2) is 48.5 Å². The molecule has 0 aliphatic carbocycles. The Morgan fingerprint density at radius 1 is 1.09 bits per heavy atom. The Bertz CT molecular complexity index is 1080. The van der Waals surface area contributed by atoms with Crippen LogP contribution in [0.4, 0.5) is 16.2 Å². The molecule has 1 atom stereocenters. The molecule has 2 heterocycles. The molecule has 2 aromatic carbocycles. The fourth-order valence-corrected chi connectivity index (χ4v) is 4.08. The van der Waals surface area contributed by atoms with Gasteiger partial charge in [0.25, 0.3) is 5.91 Å². The molecular formula is C24H26N4O5. The second kappa shape index (κ2) is 8.93. The highest BCUT2D eigenvalue weighted by atomic mass is 16.5. The maximum absolute atomic E-state index is 13.1. The molecule has 5 amide bonds. The van der Waals surface area contributed by atoms with Crippen LogP contribution >= 0.6 is 0 Å². The van der Waals surface area contributed by atoms with Crippen molar-refractivity contribution in [1.82, 2.24) is 10.2 Å². The average molecular weight is 450 g/mol. The molecule has 0 spiro atoms. The minimum Gasteiger partial charge on any atom is -0.494 e. The van der Waals surface area contributed by atoms with Crippen molar-refractivity contribution in [3.8, 4) is 5.75 Å². The fraction of sp³-hybridized carbons (Fsp3) is 0.333. The number of carbonyl (C=O) groups is 4. The van der Waals surface area contributed by atoms with E-state index in [0.29, 0.717) is 36.6 Å². The van der Waals surface area contributed by atoms with Crippen LogP contribution in [0.1, 0.15) is 32.3 Å². The molecule has 33 heavy (non-hydrogen) atoms. The van der Waals surface area contributed by atoms with Crippen LogP contribution in [-0.4, -0.2) is 48.3 Å². The molecular weight excluding hydrogens is 424 g/mol. The second-order valence-corrected chi connectivity index (χ2v) is 8.15.